The molecule has 1 aromatic rings. The first-order chi connectivity index (χ1) is 9.22. The predicted molar refractivity (Wildman–Crippen MR) is 80.7 cm³/mol. The summed E-state index contributed by atoms with van der Waals surface area (Å²) < 4.78 is 5.34. The third-order valence-corrected chi connectivity index (χ3v) is 3.05. The fraction of sp³-hybridized carbons (Fsp3) is 0.533. The Morgan fingerprint density at radius 1 is 1.37 bits per heavy atom. The second-order valence-electron chi connectivity index (χ2n) is 4.49. The third kappa shape index (κ3) is 4.81. The standard InChI is InChI=1S/C15H25N3O/c1-5-6-11-18(3)15(16-2)17-12-13-9-7-8-10-14(13)19-4/h7-10H,5-6,11-12H2,1-4H3,(H,16,17). The Kier molecular flexibility index (Phi) is 6.79. The number of methoxy groups -OCH3 is 1. The van der Waals surface area contributed by atoms with Gasteiger partial charge >= 0.3 is 0 Å². The van der Waals surface area contributed by atoms with Crippen LogP contribution in [0.15, 0.2) is 29.3 Å². The van der Waals surface area contributed by atoms with E-state index in [9.17, 15) is 0 Å². The lowest BCUT2D eigenvalue weighted by molar-refractivity contribution is 0.408. The van der Waals surface area contributed by atoms with Gasteiger partial charge < -0.3 is 15.0 Å². The van der Waals surface area contributed by atoms with Crippen molar-refractivity contribution in [3.05, 3.63) is 29.8 Å². The van der Waals surface area contributed by atoms with E-state index < -0.39 is 0 Å². The second-order valence-corrected chi connectivity index (χ2v) is 4.49. The van der Waals surface area contributed by atoms with Gasteiger partial charge in [-0.1, -0.05) is 31.5 Å². The molecule has 0 bridgehead atoms. The maximum absolute atomic E-state index is 5.34. The maximum atomic E-state index is 5.34. The average Bonchev–Trinajstić information content (AvgIpc) is 2.46. The van der Waals surface area contributed by atoms with E-state index in [0.29, 0.717) is 6.54 Å². The highest BCUT2D eigenvalue weighted by atomic mass is 16.5. The van der Waals surface area contributed by atoms with E-state index in [0.717, 1.165) is 23.8 Å². The van der Waals surface area contributed by atoms with Gasteiger partial charge in [-0.15, -0.1) is 0 Å². The molecule has 0 aliphatic carbocycles. The van der Waals surface area contributed by atoms with Crippen LogP contribution in [0.2, 0.25) is 0 Å². The average molecular weight is 263 g/mol. The molecule has 0 fully saturated rings. The minimum absolute atomic E-state index is 0.715. The van der Waals surface area contributed by atoms with Gasteiger partial charge in [0.25, 0.3) is 0 Å². The summed E-state index contributed by atoms with van der Waals surface area (Å²) in [5.74, 6) is 1.82. The number of benzene rings is 1. The van der Waals surface area contributed by atoms with Crippen LogP contribution < -0.4 is 10.1 Å². The molecule has 0 unspecified atom stereocenters. The molecule has 1 N–H and O–H groups in total. The molecule has 106 valence electrons. The van der Waals surface area contributed by atoms with Crippen LogP contribution in [-0.4, -0.2) is 38.6 Å². The Morgan fingerprint density at radius 2 is 2.11 bits per heavy atom. The number of hydrogen-bond donors (Lipinski definition) is 1. The van der Waals surface area contributed by atoms with E-state index in [-0.39, 0.29) is 0 Å². The number of para-hydroxylation sites is 1. The van der Waals surface area contributed by atoms with Crippen molar-refractivity contribution in [3.63, 3.8) is 0 Å². The summed E-state index contributed by atoms with van der Waals surface area (Å²) >= 11 is 0. The highest BCUT2D eigenvalue weighted by Crippen LogP contribution is 2.16. The van der Waals surface area contributed by atoms with Gasteiger partial charge in [-0.3, -0.25) is 4.99 Å². The van der Waals surface area contributed by atoms with Crippen molar-refractivity contribution in [2.75, 3.05) is 27.7 Å². The van der Waals surface area contributed by atoms with E-state index in [1.165, 1.54) is 12.8 Å². The fourth-order valence-corrected chi connectivity index (χ4v) is 1.91. The van der Waals surface area contributed by atoms with Crippen molar-refractivity contribution in [3.8, 4) is 5.75 Å². The van der Waals surface area contributed by atoms with Gasteiger partial charge in [-0.25, -0.2) is 0 Å². The summed E-state index contributed by atoms with van der Waals surface area (Å²) in [5.41, 5.74) is 1.13. The number of hydrogen-bond acceptors (Lipinski definition) is 2. The van der Waals surface area contributed by atoms with E-state index >= 15 is 0 Å². The van der Waals surface area contributed by atoms with Crippen LogP contribution in [0.3, 0.4) is 0 Å². The number of aliphatic imine (C=N–C) groups is 1. The Balaban J connectivity index is 2.58. The number of unbranched alkanes of at least 4 members (excludes halogenated alkanes) is 1. The molecule has 0 radical (unpaired) electrons. The molecule has 0 aliphatic heterocycles. The van der Waals surface area contributed by atoms with E-state index in [1.54, 1.807) is 7.11 Å². The summed E-state index contributed by atoms with van der Waals surface area (Å²) in [6.45, 7) is 3.92. The Labute approximate surface area is 116 Å². The number of guanidine groups is 1. The topological polar surface area (TPSA) is 36.9 Å². The molecule has 0 heterocycles. The lowest BCUT2D eigenvalue weighted by Gasteiger charge is -2.22. The van der Waals surface area contributed by atoms with Gasteiger partial charge in [0.2, 0.25) is 0 Å². The zero-order valence-electron chi connectivity index (χ0n) is 12.4. The minimum atomic E-state index is 0.715. The second kappa shape index (κ2) is 8.40. The van der Waals surface area contributed by atoms with Crippen LogP contribution in [0.4, 0.5) is 0 Å². The van der Waals surface area contributed by atoms with Crippen LogP contribution in [0.5, 0.6) is 5.75 Å². The smallest absolute Gasteiger partial charge is 0.193 e. The molecular weight excluding hydrogens is 238 g/mol. The Morgan fingerprint density at radius 3 is 2.74 bits per heavy atom. The summed E-state index contributed by atoms with van der Waals surface area (Å²) in [7, 11) is 5.57. The number of nitrogens with one attached hydrogen (secondary N) is 1. The van der Waals surface area contributed by atoms with Crippen molar-refractivity contribution in [2.24, 2.45) is 4.99 Å². The zero-order valence-corrected chi connectivity index (χ0v) is 12.4. The largest absolute Gasteiger partial charge is 0.496 e. The summed E-state index contributed by atoms with van der Waals surface area (Å²) in [4.78, 5) is 6.45. The Bertz CT molecular complexity index is 404. The SMILES string of the molecule is CCCCN(C)C(=NC)NCc1ccccc1OC. The van der Waals surface area contributed by atoms with Crippen molar-refractivity contribution in [1.82, 2.24) is 10.2 Å². The lowest BCUT2D eigenvalue weighted by atomic mass is 10.2. The van der Waals surface area contributed by atoms with Gasteiger partial charge in [0.1, 0.15) is 5.75 Å². The quantitative estimate of drug-likeness (QED) is 0.633. The monoisotopic (exact) mass is 263 g/mol. The summed E-state index contributed by atoms with van der Waals surface area (Å²) in [5, 5.41) is 3.37. The van der Waals surface area contributed by atoms with Crippen molar-refractivity contribution >= 4 is 5.96 Å². The Hall–Kier alpha value is -1.71. The fourth-order valence-electron chi connectivity index (χ4n) is 1.91. The molecule has 0 spiro atoms. The van der Waals surface area contributed by atoms with Crippen LogP contribution in [0.25, 0.3) is 0 Å². The number of rotatable bonds is 6. The molecule has 0 atom stereocenters. The molecule has 4 heteroatoms. The normalized spacial score (nSPS) is 11.3. The zero-order chi connectivity index (χ0) is 14.1. The van der Waals surface area contributed by atoms with Gasteiger partial charge in [0.05, 0.1) is 7.11 Å². The highest BCUT2D eigenvalue weighted by molar-refractivity contribution is 5.79. The molecule has 0 aliphatic rings. The molecule has 1 aromatic carbocycles. The van der Waals surface area contributed by atoms with Crippen molar-refractivity contribution < 1.29 is 4.74 Å². The first-order valence-electron chi connectivity index (χ1n) is 6.76. The molecule has 1 rings (SSSR count). The molecule has 4 nitrogen and oxygen atoms in total. The van der Waals surface area contributed by atoms with Gasteiger partial charge in [0.15, 0.2) is 5.96 Å². The maximum Gasteiger partial charge on any atom is 0.193 e. The minimum Gasteiger partial charge on any atom is -0.496 e. The van der Waals surface area contributed by atoms with Crippen LogP contribution in [-0.2, 0) is 6.54 Å². The lowest BCUT2D eigenvalue weighted by Crippen LogP contribution is -2.39. The van der Waals surface area contributed by atoms with E-state index in [1.807, 2.05) is 25.2 Å². The predicted octanol–water partition coefficient (Wildman–Crippen LogP) is 2.50. The van der Waals surface area contributed by atoms with Gasteiger partial charge in [0, 0.05) is 32.7 Å². The molecule has 0 saturated heterocycles. The van der Waals surface area contributed by atoms with E-state index in [2.05, 4.69) is 35.2 Å². The van der Waals surface area contributed by atoms with Gasteiger partial charge in [-0.05, 0) is 12.5 Å². The van der Waals surface area contributed by atoms with Crippen LogP contribution >= 0.6 is 0 Å². The first kappa shape index (κ1) is 15.3. The number of ether oxygens (including phenoxy) is 1. The highest BCUT2D eigenvalue weighted by Gasteiger charge is 2.06. The molecular formula is C15H25N3O. The first-order valence-corrected chi connectivity index (χ1v) is 6.76. The van der Waals surface area contributed by atoms with Crippen LogP contribution in [0.1, 0.15) is 25.3 Å². The van der Waals surface area contributed by atoms with E-state index in [4.69, 9.17) is 4.74 Å². The van der Waals surface area contributed by atoms with Crippen molar-refractivity contribution in [2.45, 2.75) is 26.3 Å². The molecule has 19 heavy (non-hydrogen) atoms. The molecule has 0 saturated carbocycles. The van der Waals surface area contributed by atoms with Crippen molar-refractivity contribution in [1.29, 1.82) is 0 Å². The molecule has 0 amide bonds. The number of nitrogens with zero attached hydrogens (tertiary/aromatic N) is 2. The third-order valence-electron chi connectivity index (χ3n) is 3.05. The summed E-state index contributed by atoms with van der Waals surface area (Å²) in [6.07, 6.45) is 2.36. The van der Waals surface area contributed by atoms with Gasteiger partial charge in [-0.2, -0.15) is 0 Å². The van der Waals surface area contributed by atoms with Crippen LogP contribution in [0, 0.1) is 0 Å². The summed E-state index contributed by atoms with van der Waals surface area (Å²) in [6, 6.07) is 8.03. The molecule has 0 aromatic heterocycles.